The number of piperidine rings is 1. The van der Waals surface area contributed by atoms with Gasteiger partial charge < -0.3 is 9.47 Å². The van der Waals surface area contributed by atoms with Crippen molar-refractivity contribution in [3.63, 3.8) is 0 Å². The third kappa shape index (κ3) is 3.48. The van der Waals surface area contributed by atoms with Gasteiger partial charge in [-0.05, 0) is 68.9 Å². The molecule has 1 aromatic carbocycles. The van der Waals surface area contributed by atoms with Gasteiger partial charge in [-0.2, -0.15) is 0 Å². The molecule has 2 fully saturated rings. The fourth-order valence-electron chi connectivity index (χ4n) is 5.02. The lowest BCUT2D eigenvalue weighted by Gasteiger charge is -2.48. The van der Waals surface area contributed by atoms with Gasteiger partial charge in [-0.1, -0.05) is 18.2 Å². The van der Waals surface area contributed by atoms with E-state index in [-0.39, 0.29) is 5.54 Å². The number of rotatable bonds is 6. The van der Waals surface area contributed by atoms with E-state index in [1.807, 2.05) is 0 Å². The second-order valence-electron chi connectivity index (χ2n) is 7.91. The summed E-state index contributed by atoms with van der Waals surface area (Å²) in [4.78, 5) is 7.34. The summed E-state index contributed by atoms with van der Waals surface area (Å²) in [7, 11) is 1.72. The topological polar surface area (TPSA) is 34.6 Å². The van der Waals surface area contributed by atoms with Crippen LogP contribution in [0.5, 0.6) is 5.75 Å². The van der Waals surface area contributed by atoms with Crippen molar-refractivity contribution in [1.82, 2.24) is 9.88 Å². The third-order valence-electron chi connectivity index (χ3n) is 6.35. The largest absolute Gasteiger partial charge is 0.497 e. The van der Waals surface area contributed by atoms with Gasteiger partial charge in [0.05, 0.1) is 18.8 Å². The number of ether oxygens (including phenoxy) is 2. The maximum Gasteiger partial charge on any atom is 0.118 e. The first-order chi connectivity index (χ1) is 13.1. The molecular weight excluding hydrogens is 336 g/mol. The van der Waals surface area contributed by atoms with E-state index in [1.165, 1.54) is 24.0 Å². The molecule has 2 bridgehead atoms. The Balaban J connectivity index is 1.66. The molecule has 1 aromatic heterocycles. The molecule has 4 rings (SSSR count). The van der Waals surface area contributed by atoms with Gasteiger partial charge >= 0.3 is 0 Å². The van der Waals surface area contributed by atoms with Crippen molar-refractivity contribution in [1.29, 1.82) is 0 Å². The summed E-state index contributed by atoms with van der Waals surface area (Å²) in [5.41, 5.74) is 3.78. The molecule has 3 atom stereocenters. The summed E-state index contributed by atoms with van der Waals surface area (Å²) >= 11 is 0. The van der Waals surface area contributed by atoms with Crippen molar-refractivity contribution in [2.75, 3.05) is 13.7 Å². The Hall–Kier alpha value is -1.91. The summed E-state index contributed by atoms with van der Waals surface area (Å²) in [5.74, 6) is 0.911. The molecule has 2 saturated heterocycles. The minimum absolute atomic E-state index is 0.0311. The van der Waals surface area contributed by atoms with Gasteiger partial charge in [0.2, 0.25) is 0 Å². The molecule has 2 aliphatic heterocycles. The second-order valence-corrected chi connectivity index (χ2v) is 7.91. The van der Waals surface area contributed by atoms with E-state index in [0.717, 1.165) is 37.4 Å². The Morgan fingerprint density at radius 2 is 2.00 bits per heavy atom. The highest BCUT2D eigenvalue weighted by Crippen LogP contribution is 2.51. The zero-order valence-corrected chi connectivity index (χ0v) is 16.6. The molecule has 4 nitrogen and oxygen atoms in total. The maximum absolute atomic E-state index is 6.10. The minimum Gasteiger partial charge on any atom is -0.497 e. The SMILES string of the molecule is CCOC1CC2CCC(c3ccc(C)nc3)(C1)N2Cc1ccc(OC)cc1. The van der Waals surface area contributed by atoms with Crippen LogP contribution in [0.1, 0.15) is 49.4 Å². The number of nitrogens with zero attached hydrogens (tertiary/aromatic N) is 2. The summed E-state index contributed by atoms with van der Waals surface area (Å²) in [6, 6.07) is 13.5. The van der Waals surface area contributed by atoms with Crippen LogP contribution in [0.4, 0.5) is 0 Å². The van der Waals surface area contributed by atoms with Crippen LogP contribution in [-0.4, -0.2) is 35.7 Å². The van der Waals surface area contributed by atoms with Crippen molar-refractivity contribution in [3.05, 3.63) is 59.4 Å². The van der Waals surface area contributed by atoms with Gasteiger partial charge in [0.25, 0.3) is 0 Å². The predicted octanol–water partition coefficient (Wildman–Crippen LogP) is 4.46. The average Bonchev–Trinajstić information content (AvgIpc) is 2.89. The molecule has 0 spiro atoms. The summed E-state index contributed by atoms with van der Waals surface area (Å²) in [6.07, 6.45) is 7.03. The predicted molar refractivity (Wildman–Crippen MR) is 107 cm³/mol. The molecule has 0 radical (unpaired) electrons. The molecule has 0 aliphatic carbocycles. The molecular formula is C23H30N2O2. The summed E-state index contributed by atoms with van der Waals surface area (Å²) < 4.78 is 11.4. The zero-order valence-electron chi connectivity index (χ0n) is 16.6. The number of fused-ring (bicyclic) bond motifs is 2. The minimum atomic E-state index is 0.0311. The lowest BCUT2D eigenvalue weighted by molar-refractivity contribution is -0.0594. The van der Waals surface area contributed by atoms with Crippen LogP contribution in [0.25, 0.3) is 0 Å². The molecule has 27 heavy (non-hydrogen) atoms. The lowest BCUT2D eigenvalue weighted by Crippen LogP contribution is -2.52. The standard InChI is InChI=1S/C23H30N2O2/c1-4-27-22-13-20-11-12-23(14-22,19-8-5-17(2)24-15-19)25(20)16-18-6-9-21(26-3)10-7-18/h5-10,15,20,22H,4,11-14,16H2,1-3H3. The van der Waals surface area contributed by atoms with Crippen molar-refractivity contribution in [3.8, 4) is 5.75 Å². The lowest BCUT2D eigenvalue weighted by atomic mass is 9.80. The first kappa shape index (κ1) is 18.5. The number of aryl methyl sites for hydroxylation is 1. The fraction of sp³-hybridized carbons (Fsp3) is 0.522. The maximum atomic E-state index is 6.10. The van der Waals surface area contributed by atoms with Gasteiger partial charge in [-0.3, -0.25) is 9.88 Å². The van der Waals surface area contributed by atoms with E-state index in [9.17, 15) is 0 Å². The smallest absolute Gasteiger partial charge is 0.118 e. The van der Waals surface area contributed by atoms with Crippen LogP contribution in [-0.2, 0) is 16.8 Å². The van der Waals surface area contributed by atoms with Crippen molar-refractivity contribution in [2.24, 2.45) is 0 Å². The van der Waals surface area contributed by atoms with E-state index in [4.69, 9.17) is 9.47 Å². The van der Waals surface area contributed by atoms with Crippen LogP contribution >= 0.6 is 0 Å². The van der Waals surface area contributed by atoms with E-state index in [0.29, 0.717) is 12.1 Å². The molecule has 0 saturated carbocycles. The van der Waals surface area contributed by atoms with Gasteiger partial charge in [-0.15, -0.1) is 0 Å². The number of aromatic nitrogens is 1. The van der Waals surface area contributed by atoms with Crippen molar-refractivity contribution < 1.29 is 9.47 Å². The normalized spacial score (nSPS) is 27.7. The average molecular weight is 367 g/mol. The highest BCUT2D eigenvalue weighted by Gasteiger charge is 2.52. The molecule has 2 aliphatic rings. The Bertz CT molecular complexity index is 759. The van der Waals surface area contributed by atoms with E-state index < -0.39 is 0 Å². The summed E-state index contributed by atoms with van der Waals surface area (Å²) in [6.45, 7) is 5.91. The first-order valence-electron chi connectivity index (χ1n) is 10.1. The second kappa shape index (κ2) is 7.61. The molecule has 0 N–H and O–H groups in total. The molecule has 0 amide bonds. The molecule has 3 heterocycles. The van der Waals surface area contributed by atoms with Crippen LogP contribution in [0.15, 0.2) is 42.6 Å². The van der Waals surface area contributed by atoms with E-state index >= 15 is 0 Å². The van der Waals surface area contributed by atoms with Crippen LogP contribution in [0.3, 0.4) is 0 Å². The Labute approximate surface area is 162 Å². The molecule has 3 unspecified atom stereocenters. The zero-order chi connectivity index (χ0) is 18.9. The number of pyridine rings is 1. The number of hydrogen-bond donors (Lipinski definition) is 0. The fourth-order valence-corrected chi connectivity index (χ4v) is 5.02. The van der Waals surface area contributed by atoms with Gasteiger partial charge in [-0.25, -0.2) is 0 Å². The Morgan fingerprint density at radius 1 is 1.19 bits per heavy atom. The first-order valence-corrected chi connectivity index (χ1v) is 10.1. The van der Waals surface area contributed by atoms with Gasteiger partial charge in [0.15, 0.2) is 0 Å². The highest BCUT2D eigenvalue weighted by atomic mass is 16.5. The quantitative estimate of drug-likeness (QED) is 0.756. The monoisotopic (exact) mass is 366 g/mol. The third-order valence-corrected chi connectivity index (χ3v) is 6.35. The molecule has 144 valence electrons. The van der Waals surface area contributed by atoms with E-state index in [2.05, 4.69) is 66.3 Å². The number of benzene rings is 1. The van der Waals surface area contributed by atoms with Gasteiger partial charge in [0.1, 0.15) is 5.75 Å². The van der Waals surface area contributed by atoms with Crippen molar-refractivity contribution in [2.45, 2.75) is 63.8 Å². The Morgan fingerprint density at radius 3 is 2.67 bits per heavy atom. The van der Waals surface area contributed by atoms with Crippen LogP contribution in [0.2, 0.25) is 0 Å². The number of hydrogen-bond acceptors (Lipinski definition) is 4. The van der Waals surface area contributed by atoms with Crippen molar-refractivity contribution >= 4 is 0 Å². The summed E-state index contributed by atoms with van der Waals surface area (Å²) in [5, 5.41) is 0. The molecule has 2 aromatic rings. The van der Waals surface area contributed by atoms with Crippen LogP contribution < -0.4 is 4.74 Å². The van der Waals surface area contributed by atoms with Gasteiger partial charge in [0, 0.05) is 31.1 Å². The number of methoxy groups -OCH3 is 1. The highest BCUT2D eigenvalue weighted by molar-refractivity contribution is 5.30. The molecule has 4 heteroatoms. The van der Waals surface area contributed by atoms with Crippen LogP contribution in [0, 0.1) is 6.92 Å². The van der Waals surface area contributed by atoms with E-state index in [1.54, 1.807) is 7.11 Å². The Kier molecular flexibility index (Phi) is 5.20.